The molecule has 1 rings (SSSR count). The Bertz CT molecular complexity index is 270. The molecule has 1 aliphatic rings. The second kappa shape index (κ2) is 5.17. The van der Waals surface area contributed by atoms with Gasteiger partial charge in [-0.05, 0) is 53.3 Å². The second-order valence-electron chi connectivity index (χ2n) is 8.86. The van der Waals surface area contributed by atoms with E-state index in [4.69, 9.17) is 0 Å². The van der Waals surface area contributed by atoms with Crippen LogP contribution in [0.5, 0.6) is 0 Å². The maximum atomic E-state index is 2.50. The van der Waals surface area contributed by atoms with E-state index in [1.54, 1.807) is 0 Å². The highest BCUT2D eigenvalue weighted by atomic mass is 14.6. The monoisotopic (exact) mass is 252 g/mol. The molecular formula is C18H36. The molecule has 0 saturated heterocycles. The zero-order valence-electron chi connectivity index (χ0n) is 14.3. The zero-order chi connectivity index (χ0) is 14.3. The molecule has 0 aromatic heterocycles. The summed E-state index contributed by atoms with van der Waals surface area (Å²) in [5, 5.41) is 0. The highest BCUT2D eigenvalue weighted by Crippen LogP contribution is 2.59. The van der Waals surface area contributed by atoms with Gasteiger partial charge >= 0.3 is 0 Å². The molecule has 1 fully saturated rings. The smallest absolute Gasteiger partial charge is 0.0271 e. The van der Waals surface area contributed by atoms with E-state index in [0.717, 1.165) is 29.6 Å². The van der Waals surface area contributed by atoms with Crippen LogP contribution in [-0.2, 0) is 0 Å². The van der Waals surface area contributed by atoms with E-state index >= 15 is 0 Å². The minimum absolute atomic E-state index is 0.434. The summed E-state index contributed by atoms with van der Waals surface area (Å²) in [6.07, 6.45) is 2.85. The normalized spacial score (nSPS) is 33.3. The quantitative estimate of drug-likeness (QED) is 0.562. The molecule has 0 aromatic carbocycles. The summed E-state index contributed by atoms with van der Waals surface area (Å²) >= 11 is 0. The minimum atomic E-state index is 0.434. The van der Waals surface area contributed by atoms with Crippen LogP contribution in [0.2, 0.25) is 0 Å². The van der Waals surface area contributed by atoms with E-state index in [1.807, 2.05) is 0 Å². The molecule has 0 N–H and O–H groups in total. The van der Waals surface area contributed by atoms with Gasteiger partial charge in [-0.1, -0.05) is 62.3 Å². The van der Waals surface area contributed by atoms with Gasteiger partial charge in [0.15, 0.2) is 0 Å². The van der Waals surface area contributed by atoms with Gasteiger partial charge in [0.1, 0.15) is 0 Å². The largest absolute Gasteiger partial charge is 0.0625 e. The van der Waals surface area contributed by atoms with E-state index < -0.39 is 0 Å². The van der Waals surface area contributed by atoms with Gasteiger partial charge in [0.25, 0.3) is 0 Å². The third-order valence-electron chi connectivity index (χ3n) is 5.89. The summed E-state index contributed by atoms with van der Waals surface area (Å²) in [6.45, 7) is 21.9. The molecule has 0 nitrogen and oxygen atoms in total. The Hall–Kier alpha value is 0. The predicted molar refractivity (Wildman–Crippen MR) is 82.6 cm³/mol. The van der Waals surface area contributed by atoms with Crippen molar-refractivity contribution in [3.63, 3.8) is 0 Å². The molecule has 0 heteroatoms. The van der Waals surface area contributed by atoms with Crippen molar-refractivity contribution >= 4 is 0 Å². The fourth-order valence-electron chi connectivity index (χ4n) is 4.77. The Kier molecular flexibility index (Phi) is 4.62. The van der Waals surface area contributed by atoms with Gasteiger partial charge in [-0.15, -0.1) is 0 Å². The Labute approximate surface area is 116 Å². The van der Waals surface area contributed by atoms with Crippen LogP contribution in [-0.4, -0.2) is 0 Å². The molecule has 0 heterocycles. The first-order valence-electron chi connectivity index (χ1n) is 8.00. The van der Waals surface area contributed by atoms with Crippen LogP contribution in [0.25, 0.3) is 0 Å². The first kappa shape index (κ1) is 16.1. The number of rotatable bonds is 5. The molecule has 18 heavy (non-hydrogen) atoms. The molecule has 0 amide bonds. The van der Waals surface area contributed by atoms with Crippen LogP contribution >= 0.6 is 0 Å². The van der Waals surface area contributed by atoms with Gasteiger partial charge in [0.05, 0.1) is 0 Å². The Balaban J connectivity index is 2.65. The van der Waals surface area contributed by atoms with E-state index in [2.05, 4.69) is 62.3 Å². The molecule has 0 radical (unpaired) electrons. The Morgan fingerprint density at radius 1 is 1.11 bits per heavy atom. The third-order valence-corrected chi connectivity index (χ3v) is 5.89. The SMILES string of the molecule is CC(C)C(C(C)CC(C)C1(C)CC1C)C(C)(C)C. The average Bonchev–Trinajstić information content (AvgIpc) is 2.72. The fraction of sp³-hybridized carbons (Fsp3) is 1.00. The zero-order valence-corrected chi connectivity index (χ0v) is 14.3. The lowest BCUT2D eigenvalue weighted by Gasteiger charge is -2.40. The highest BCUT2D eigenvalue weighted by molar-refractivity contribution is 5.00. The molecule has 108 valence electrons. The minimum Gasteiger partial charge on any atom is -0.0625 e. The van der Waals surface area contributed by atoms with Crippen molar-refractivity contribution in [1.29, 1.82) is 0 Å². The molecule has 0 aliphatic heterocycles. The van der Waals surface area contributed by atoms with Gasteiger partial charge in [-0.25, -0.2) is 0 Å². The lowest BCUT2D eigenvalue weighted by atomic mass is 9.65. The predicted octanol–water partition coefficient (Wildman–Crippen LogP) is 6.01. The van der Waals surface area contributed by atoms with Crippen molar-refractivity contribution in [2.45, 2.75) is 75.2 Å². The molecule has 5 unspecified atom stereocenters. The first-order chi connectivity index (χ1) is 8.00. The molecule has 5 atom stereocenters. The van der Waals surface area contributed by atoms with Crippen LogP contribution in [0.1, 0.15) is 75.2 Å². The van der Waals surface area contributed by atoms with Gasteiger partial charge in [0, 0.05) is 0 Å². The molecule has 1 aliphatic carbocycles. The fourth-order valence-corrected chi connectivity index (χ4v) is 4.77. The van der Waals surface area contributed by atoms with Gasteiger partial charge in [-0.3, -0.25) is 0 Å². The van der Waals surface area contributed by atoms with Crippen molar-refractivity contribution in [2.75, 3.05) is 0 Å². The number of hydrogen-bond donors (Lipinski definition) is 0. The van der Waals surface area contributed by atoms with Crippen LogP contribution in [0, 0.1) is 40.4 Å². The van der Waals surface area contributed by atoms with Gasteiger partial charge < -0.3 is 0 Å². The van der Waals surface area contributed by atoms with Crippen molar-refractivity contribution in [2.24, 2.45) is 40.4 Å². The average molecular weight is 252 g/mol. The molecule has 0 bridgehead atoms. The summed E-state index contributed by atoms with van der Waals surface area (Å²) in [4.78, 5) is 0. The lowest BCUT2D eigenvalue weighted by Crippen LogP contribution is -2.33. The number of hydrogen-bond acceptors (Lipinski definition) is 0. The molecule has 0 aromatic rings. The van der Waals surface area contributed by atoms with E-state index in [1.165, 1.54) is 12.8 Å². The topological polar surface area (TPSA) is 0 Å². The third kappa shape index (κ3) is 3.31. The van der Waals surface area contributed by atoms with Crippen LogP contribution in [0.4, 0.5) is 0 Å². The molecular weight excluding hydrogens is 216 g/mol. The summed E-state index contributed by atoms with van der Waals surface area (Å²) in [7, 11) is 0. The summed E-state index contributed by atoms with van der Waals surface area (Å²) in [6, 6.07) is 0. The van der Waals surface area contributed by atoms with Crippen molar-refractivity contribution in [3.05, 3.63) is 0 Å². The van der Waals surface area contributed by atoms with Crippen LogP contribution < -0.4 is 0 Å². The van der Waals surface area contributed by atoms with E-state index in [-0.39, 0.29) is 0 Å². The maximum absolute atomic E-state index is 2.50. The van der Waals surface area contributed by atoms with Crippen LogP contribution in [0.15, 0.2) is 0 Å². The lowest BCUT2D eigenvalue weighted by molar-refractivity contribution is 0.0898. The van der Waals surface area contributed by atoms with Crippen molar-refractivity contribution < 1.29 is 0 Å². The highest BCUT2D eigenvalue weighted by Gasteiger charge is 2.50. The first-order valence-corrected chi connectivity index (χ1v) is 8.00. The van der Waals surface area contributed by atoms with E-state index in [9.17, 15) is 0 Å². The molecule has 0 spiro atoms. The van der Waals surface area contributed by atoms with Gasteiger partial charge in [-0.2, -0.15) is 0 Å². The van der Waals surface area contributed by atoms with Crippen molar-refractivity contribution in [1.82, 2.24) is 0 Å². The summed E-state index contributed by atoms with van der Waals surface area (Å²) < 4.78 is 0. The summed E-state index contributed by atoms with van der Waals surface area (Å²) in [5.74, 6) is 4.29. The maximum Gasteiger partial charge on any atom is -0.0271 e. The summed E-state index contributed by atoms with van der Waals surface area (Å²) in [5.41, 5.74) is 1.08. The standard InChI is InChI=1S/C18H36/c1-12(2)16(17(6,7)8)13(3)10-14(4)18(9)11-15(18)5/h12-16H,10-11H2,1-9H3. The van der Waals surface area contributed by atoms with E-state index in [0.29, 0.717) is 10.8 Å². The van der Waals surface area contributed by atoms with Gasteiger partial charge in [0.2, 0.25) is 0 Å². The Morgan fingerprint density at radius 3 is 1.83 bits per heavy atom. The Morgan fingerprint density at radius 2 is 1.56 bits per heavy atom. The van der Waals surface area contributed by atoms with Crippen molar-refractivity contribution in [3.8, 4) is 0 Å². The molecule has 1 saturated carbocycles. The second-order valence-corrected chi connectivity index (χ2v) is 8.86. The van der Waals surface area contributed by atoms with Crippen LogP contribution in [0.3, 0.4) is 0 Å².